The minimum Gasteiger partial charge on any atom is -0.383 e. The van der Waals surface area contributed by atoms with Crippen LogP contribution in [-0.2, 0) is 14.3 Å². The van der Waals surface area contributed by atoms with Crippen LogP contribution in [0.3, 0.4) is 0 Å². The summed E-state index contributed by atoms with van der Waals surface area (Å²) < 4.78 is 10.5. The van der Waals surface area contributed by atoms with E-state index in [1.54, 1.807) is 7.11 Å². The van der Waals surface area contributed by atoms with E-state index in [-0.39, 0.29) is 29.8 Å². The van der Waals surface area contributed by atoms with Crippen molar-refractivity contribution in [1.29, 1.82) is 0 Å². The second-order valence-corrected chi connectivity index (χ2v) is 5.02. The average Bonchev–Trinajstić information content (AvgIpc) is 2.98. The van der Waals surface area contributed by atoms with E-state index in [0.717, 1.165) is 25.8 Å². The van der Waals surface area contributed by atoms with Crippen molar-refractivity contribution in [1.82, 2.24) is 10.6 Å². The highest BCUT2D eigenvalue weighted by Crippen LogP contribution is 2.19. The van der Waals surface area contributed by atoms with E-state index in [1.165, 1.54) is 0 Å². The van der Waals surface area contributed by atoms with Gasteiger partial charge in [-0.1, -0.05) is 0 Å². The molecule has 18 heavy (non-hydrogen) atoms. The molecule has 2 fully saturated rings. The number of methoxy groups -OCH3 is 1. The summed E-state index contributed by atoms with van der Waals surface area (Å²) >= 11 is 0. The Morgan fingerprint density at radius 1 is 1.61 bits per heavy atom. The molecular weight excluding hydrogens is 256 g/mol. The molecule has 2 rings (SSSR count). The van der Waals surface area contributed by atoms with Crippen molar-refractivity contribution in [3.63, 3.8) is 0 Å². The number of hydrogen-bond donors (Lipinski definition) is 2. The predicted molar refractivity (Wildman–Crippen MR) is 71.0 cm³/mol. The summed E-state index contributed by atoms with van der Waals surface area (Å²) in [5.74, 6) is 0.155. The van der Waals surface area contributed by atoms with Gasteiger partial charge >= 0.3 is 0 Å². The summed E-state index contributed by atoms with van der Waals surface area (Å²) in [6, 6.07) is 0. The van der Waals surface area contributed by atoms with E-state index in [1.807, 2.05) is 0 Å². The molecule has 2 heterocycles. The van der Waals surface area contributed by atoms with Gasteiger partial charge < -0.3 is 20.1 Å². The second-order valence-electron chi connectivity index (χ2n) is 5.02. The second kappa shape index (κ2) is 7.28. The highest BCUT2D eigenvalue weighted by molar-refractivity contribution is 5.85. The van der Waals surface area contributed by atoms with E-state index in [9.17, 15) is 4.79 Å². The zero-order valence-electron chi connectivity index (χ0n) is 10.9. The van der Waals surface area contributed by atoms with Gasteiger partial charge in [0.2, 0.25) is 5.91 Å². The molecule has 0 aromatic heterocycles. The number of halogens is 1. The number of nitrogens with one attached hydrogen (secondary N) is 2. The van der Waals surface area contributed by atoms with Gasteiger partial charge in [0.15, 0.2) is 0 Å². The van der Waals surface area contributed by atoms with Crippen LogP contribution >= 0.6 is 12.4 Å². The van der Waals surface area contributed by atoms with Crippen molar-refractivity contribution in [2.75, 3.05) is 40.0 Å². The Balaban J connectivity index is 0.00000162. The summed E-state index contributed by atoms with van der Waals surface area (Å²) in [4.78, 5) is 11.9. The van der Waals surface area contributed by atoms with Gasteiger partial charge in [0.25, 0.3) is 0 Å². The molecule has 2 aliphatic rings. The average molecular weight is 279 g/mol. The molecule has 0 aromatic rings. The third kappa shape index (κ3) is 3.82. The number of amides is 1. The molecule has 2 saturated heterocycles. The minimum atomic E-state index is -0.0656. The maximum Gasteiger partial charge on any atom is 0.225 e. The van der Waals surface area contributed by atoms with Crippen LogP contribution in [0.4, 0.5) is 0 Å². The monoisotopic (exact) mass is 278 g/mol. The lowest BCUT2D eigenvalue weighted by Crippen LogP contribution is -2.53. The van der Waals surface area contributed by atoms with Crippen molar-refractivity contribution in [2.45, 2.75) is 24.8 Å². The molecule has 0 aliphatic carbocycles. The first kappa shape index (κ1) is 15.7. The molecule has 0 spiro atoms. The van der Waals surface area contributed by atoms with Crippen LogP contribution in [0.2, 0.25) is 0 Å². The number of carbonyl (C=O) groups excluding carboxylic acids is 1. The number of ether oxygens (including phenoxy) is 2. The number of rotatable bonds is 5. The zero-order valence-corrected chi connectivity index (χ0v) is 11.7. The maximum absolute atomic E-state index is 11.9. The predicted octanol–water partition coefficient (Wildman–Crippen LogP) is 0.330. The topological polar surface area (TPSA) is 59.6 Å². The number of carbonyl (C=O) groups is 1. The summed E-state index contributed by atoms with van der Waals surface area (Å²) in [6.45, 7) is 3.58. The van der Waals surface area contributed by atoms with Gasteiger partial charge in [0.05, 0.1) is 24.7 Å². The largest absolute Gasteiger partial charge is 0.383 e. The minimum absolute atomic E-state index is 0. The van der Waals surface area contributed by atoms with Gasteiger partial charge in [-0.25, -0.2) is 0 Å². The van der Waals surface area contributed by atoms with Crippen molar-refractivity contribution in [3.8, 4) is 0 Å². The van der Waals surface area contributed by atoms with Gasteiger partial charge in [-0.15, -0.1) is 12.4 Å². The Hall–Kier alpha value is -0.360. The van der Waals surface area contributed by atoms with Crippen LogP contribution in [0.5, 0.6) is 0 Å². The van der Waals surface area contributed by atoms with Gasteiger partial charge in [0, 0.05) is 20.3 Å². The molecule has 5 nitrogen and oxygen atoms in total. The molecule has 6 heteroatoms. The molecule has 106 valence electrons. The third-order valence-electron chi connectivity index (χ3n) is 3.65. The fourth-order valence-corrected chi connectivity index (χ4v) is 2.61. The highest BCUT2D eigenvalue weighted by atomic mass is 35.5. The van der Waals surface area contributed by atoms with Crippen LogP contribution in [0, 0.1) is 5.92 Å². The van der Waals surface area contributed by atoms with Crippen molar-refractivity contribution in [2.24, 2.45) is 5.92 Å². The molecule has 0 saturated carbocycles. The third-order valence-corrected chi connectivity index (χ3v) is 3.65. The van der Waals surface area contributed by atoms with Crippen molar-refractivity contribution in [3.05, 3.63) is 0 Å². The summed E-state index contributed by atoms with van der Waals surface area (Å²) in [6.07, 6.45) is 3.05. The van der Waals surface area contributed by atoms with Crippen LogP contribution < -0.4 is 10.6 Å². The molecule has 2 aliphatic heterocycles. The lowest BCUT2D eigenvalue weighted by Gasteiger charge is -2.29. The van der Waals surface area contributed by atoms with Gasteiger partial charge in [-0.2, -0.15) is 0 Å². The Bertz CT molecular complexity index is 264. The fourth-order valence-electron chi connectivity index (χ4n) is 2.61. The first-order chi connectivity index (χ1) is 8.26. The quantitative estimate of drug-likeness (QED) is 0.761. The fraction of sp³-hybridized carbons (Fsp3) is 0.917. The zero-order chi connectivity index (χ0) is 12.1. The Kier molecular flexibility index (Phi) is 6.35. The van der Waals surface area contributed by atoms with Crippen molar-refractivity contribution >= 4 is 18.3 Å². The smallest absolute Gasteiger partial charge is 0.225 e. The van der Waals surface area contributed by atoms with Crippen LogP contribution in [-0.4, -0.2) is 51.5 Å². The number of hydrogen-bond acceptors (Lipinski definition) is 4. The maximum atomic E-state index is 11.9. The van der Waals surface area contributed by atoms with E-state index < -0.39 is 0 Å². The van der Waals surface area contributed by atoms with E-state index in [2.05, 4.69) is 10.6 Å². The summed E-state index contributed by atoms with van der Waals surface area (Å²) in [5.41, 5.74) is -0.0656. The molecule has 0 bridgehead atoms. The Morgan fingerprint density at radius 3 is 3.00 bits per heavy atom. The SMILES string of the molecule is COCC1(CNC(=O)C2CCOC2)CCCN1.Cl. The van der Waals surface area contributed by atoms with E-state index in [0.29, 0.717) is 26.4 Å². The van der Waals surface area contributed by atoms with Gasteiger partial charge in [-0.05, 0) is 25.8 Å². The van der Waals surface area contributed by atoms with Crippen molar-refractivity contribution < 1.29 is 14.3 Å². The molecule has 0 aromatic carbocycles. The lowest BCUT2D eigenvalue weighted by molar-refractivity contribution is -0.125. The summed E-state index contributed by atoms with van der Waals surface area (Å²) in [5, 5.41) is 6.48. The highest BCUT2D eigenvalue weighted by Gasteiger charge is 2.34. The van der Waals surface area contributed by atoms with E-state index in [4.69, 9.17) is 9.47 Å². The molecule has 2 N–H and O–H groups in total. The van der Waals surface area contributed by atoms with Crippen LogP contribution in [0.1, 0.15) is 19.3 Å². The van der Waals surface area contributed by atoms with Gasteiger partial charge in [-0.3, -0.25) is 4.79 Å². The first-order valence-electron chi connectivity index (χ1n) is 6.35. The molecule has 2 unspecified atom stereocenters. The first-order valence-corrected chi connectivity index (χ1v) is 6.35. The molecular formula is C12H23ClN2O3. The molecule has 0 radical (unpaired) electrons. The van der Waals surface area contributed by atoms with E-state index >= 15 is 0 Å². The molecule has 2 atom stereocenters. The lowest BCUT2D eigenvalue weighted by atomic mass is 9.98. The Labute approximate surface area is 114 Å². The standard InChI is InChI=1S/C12H22N2O3.ClH/c1-16-9-12(4-2-5-14-12)8-13-11(15)10-3-6-17-7-10;/h10,14H,2-9H2,1H3,(H,13,15);1H. The Morgan fingerprint density at radius 2 is 2.44 bits per heavy atom. The van der Waals surface area contributed by atoms with Gasteiger partial charge in [0.1, 0.15) is 0 Å². The van der Waals surface area contributed by atoms with Crippen LogP contribution in [0.25, 0.3) is 0 Å². The summed E-state index contributed by atoms with van der Waals surface area (Å²) in [7, 11) is 1.70. The normalized spacial score (nSPS) is 31.1. The van der Waals surface area contributed by atoms with Crippen LogP contribution in [0.15, 0.2) is 0 Å². The molecule has 1 amide bonds.